The van der Waals surface area contributed by atoms with Crippen molar-refractivity contribution in [2.24, 2.45) is 22.9 Å². The Labute approximate surface area is 398 Å². The Morgan fingerprint density at radius 3 is 2.31 bits per heavy atom. The third-order valence-electron chi connectivity index (χ3n) is 13.0. The Hall–Kier alpha value is -6.34. The van der Waals surface area contributed by atoms with Gasteiger partial charge in [-0.25, -0.2) is 4.79 Å². The first-order valence-corrected chi connectivity index (χ1v) is 23.6. The van der Waals surface area contributed by atoms with Crippen LogP contribution in [-0.4, -0.2) is 95.9 Å². The predicted molar refractivity (Wildman–Crippen MR) is 256 cm³/mol. The molecule has 0 bridgehead atoms. The average Bonchev–Trinajstić information content (AvgIpc) is 3.37. The molecular weight excluding hydrogens is 865 g/mol. The number of benzene rings is 4. The molecule has 4 aromatic carbocycles. The van der Waals surface area contributed by atoms with Crippen molar-refractivity contribution in [3.8, 4) is 17.6 Å². The van der Waals surface area contributed by atoms with E-state index in [2.05, 4.69) is 24.0 Å². The van der Waals surface area contributed by atoms with E-state index in [1.807, 2.05) is 66.7 Å². The van der Waals surface area contributed by atoms with Gasteiger partial charge in [-0.2, -0.15) is 5.26 Å². The fraction of sp³-hybridized carbons (Fsp3) is 0.407. The predicted octanol–water partition coefficient (Wildman–Crippen LogP) is 7.83. The summed E-state index contributed by atoms with van der Waals surface area (Å²) in [5.74, 6) is -2.25. The summed E-state index contributed by atoms with van der Waals surface area (Å²) in [7, 11) is 0. The molecule has 6 atom stereocenters. The highest BCUT2D eigenvalue weighted by molar-refractivity contribution is 6.03. The van der Waals surface area contributed by atoms with Crippen LogP contribution in [0, 0.1) is 29.1 Å². The number of nitriles is 1. The van der Waals surface area contributed by atoms with Crippen molar-refractivity contribution in [2.45, 2.75) is 75.8 Å². The summed E-state index contributed by atoms with van der Waals surface area (Å²) in [6, 6.07) is 32.3. The van der Waals surface area contributed by atoms with Crippen LogP contribution in [0.25, 0.3) is 0 Å². The van der Waals surface area contributed by atoms with Crippen LogP contribution in [-0.2, 0) is 27.5 Å². The number of aliphatic hydroxyl groups is 3. The molecule has 1 heterocycles. The quantitative estimate of drug-likeness (QED) is 0.0304. The average molecular weight is 927 g/mol. The molecule has 1 fully saturated rings. The summed E-state index contributed by atoms with van der Waals surface area (Å²) in [6.07, 6.45) is 7.56. The Morgan fingerprint density at radius 2 is 1.62 bits per heavy atom. The number of rotatable bonds is 24. The molecule has 7 rings (SSSR count). The molecule has 0 unspecified atom stereocenters. The first kappa shape index (κ1) is 49.6. The number of amides is 2. The number of carbonyl (C=O) groups is 2. The van der Waals surface area contributed by atoms with Crippen LogP contribution in [0.1, 0.15) is 83.5 Å². The third-order valence-corrected chi connectivity index (χ3v) is 13.0. The third kappa shape index (κ3) is 11.8. The van der Waals surface area contributed by atoms with Crippen molar-refractivity contribution in [1.82, 2.24) is 10.2 Å². The fourth-order valence-corrected chi connectivity index (χ4v) is 9.97. The molecule has 1 aliphatic heterocycles. The van der Waals surface area contributed by atoms with E-state index in [0.29, 0.717) is 47.6 Å². The number of ether oxygens (including phenoxy) is 4. The van der Waals surface area contributed by atoms with Gasteiger partial charge in [0.2, 0.25) is 5.79 Å². The number of hydrogen-bond donors (Lipinski definition) is 4. The van der Waals surface area contributed by atoms with Gasteiger partial charge < -0.3 is 49.3 Å². The molecule has 3 aliphatic rings. The van der Waals surface area contributed by atoms with E-state index in [0.717, 1.165) is 41.5 Å². The van der Waals surface area contributed by atoms with Gasteiger partial charge >= 0.3 is 6.09 Å². The molecule has 0 spiro atoms. The lowest BCUT2D eigenvalue weighted by Crippen LogP contribution is -2.70. The van der Waals surface area contributed by atoms with Crippen LogP contribution in [0.2, 0.25) is 0 Å². The van der Waals surface area contributed by atoms with Gasteiger partial charge in [0.15, 0.2) is 0 Å². The summed E-state index contributed by atoms with van der Waals surface area (Å²) < 4.78 is 26.2. The SMILES string of the molecule is C=CCO[C@@]12Oc3ccc(OC(=O)NCc4ccccc4)cc3[C@H]3[C@H](CCCCO)[C@@H](CCCCO)C=C(C(=NOCc4ccccc4)C[C@@H]1N(CCOCCO)C(=O)c1ccc(C#N)cc1)[C@H]32. The van der Waals surface area contributed by atoms with Crippen LogP contribution >= 0.6 is 0 Å². The zero-order valence-corrected chi connectivity index (χ0v) is 38.4. The lowest BCUT2D eigenvalue weighted by molar-refractivity contribution is -0.254. The molecule has 2 aliphatic carbocycles. The van der Waals surface area contributed by atoms with Gasteiger partial charge in [0.05, 0.1) is 49.7 Å². The molecule has 0 saturated heterocycles. The standard InChI is InChI=1S/C54H62N4O10/c1-2-29-65-54-49(58(25-30-64-31-28-61)52(62)41-21-19-38(35-55)20-22-41)34-47(57-66-37-40-15-7-4-8-16-40)45-32-42(17-9-11-26-59)44(18-10-12-27-60)50(51(45)54)46-33-43(23-24-48(46)68-54)67-53(63)56-36-39-13-5-3-6-14-39/h2-8,13-16,19-24,32-33,42,44,49-51,59-61H,1,9-12,17-18,25-31,34,36-37H2,(H,56,63)/t42-,44+,49-,50+,51+,54+/m0/s1. The number of unbranched alkanes of at least 4 members (excludes halogenated alkanes) is 2. The normalized spacial score (nSPS) is 21.8. The van der Waals surface area contributed by atoms with E-state index in [4.69, 9.17) is 28.9 Å². The summed E-state index contributed by atoms with van der Waals surface area (Å²) in [6.45, 7) is 4.63. The van der Waals surface area contributed by atoms with Crippen LogP contribution in [0.5, 0.6) is 11.5 Å². The van der Waals surface area contributed by atoms with Crippen LogP contribution in [0.3, 0.4) is 0 Å². The van der Waals surface area contributed by atoms with Gasteiger partial charge in [-0.15, -0.1) is 6.58 Å². The minimum Gasteiger partial charge on any atom is -0.459 e. The molecule has 2 amide bonds. The summed E-state index contributed by atoms with van der Waals surface area (Å²) in [4.78, 5) is 36.4. The number of carbonyl (C=O) groups excluding carboxylic acids is 2. The molecule has 4 aromatic rings. The minimum atomic E-state index is -1.57. The Kier molecular flexibility index (Phi) is 17.9. The lowest BCUT2D eigenvalue weighted by atomic mass is 9.55. The molecule has 0 radical (unpaired) electrons. The monoisotopic (exact) mass is 926 g/mol. The van der Waals surface area contributed by atoms with E-state index < -0.39 is 23.8 Å². The highest BCUT2D eigenvalue weighted by atomic mass is 16.7. The van der Waals surface area contributed by atoms with Gasteiger partial charge in [-0.1, -0.05) is 90.8 Å². The maximum Gasteiger partial charge on any atom is 0.412 e. The minimum absolute atomic E-state index is 0.0294. The van der Waals surface area contributed by atoms with Crippen molar-refractivity contribution in [3.05, 3.63) is 155 Å². The van der Waals surface area contributed by atoms with Gasteiger partial charge in [0.1, 0.15) is 24.1 Å². The first-order chi connectivity index (χ1) is 33.3. The molecule has 14 nitrogen and oxygen atoms in total. The van der Waals surface area contributed by atoms with Crippen LogP contribution in [0.4, 0.5) is 4.79 Å². The second-order valence-electron chi connectivity index (χ2n) is 17.3. The second-order valence-corrected chi connectivity index (χ2v) is 17.3. The van der Waals surface area contributed by atoms with E-state index >= 15 is 4.79 Å². The smallest absolute Gasteiger partial charge is 0.412 e. The van der Waals surface area contributed by atoms with Crippen molar-refractivity contribution in [2.75, 3.05) is 46.2 Å². The molecule has 68 heavy (non-hydrogen) atoms. The van der Waals surface area contributed by atoms with Gasteiger partial charge in [0.25, 0.3) is 5.91 Å². The first-order valence-electron chi connectivity index (χ1n) is 23.6. The van der Waals surface area contributed by atoms with Crippen LogP contribution < -0.4 is 14.8 Å². The van der Waals surface area contributed by atoms with Crippen LogP contribution in [0.15, 0.2) is 133 Å². The molecule has 0 aromatic heterocycles. The number of allylic oxidation sites excluding steroid dienone is 1. The van der Waals surface area contributed by atoms with Gasteiger partial charge in [-0.05, 0) is 96.7 Å². The number of oxime groups is 1. The van der Waals surface area contributed by atoms with E-state index in [9.17, 15) is 25.4 Å². The Bertz CT molecular complexity index is 2390. The summed E-state index contributed by atoms with van der Waals surface area (Å²) in [5.41, 5.74) is 4.81. The zero-order chi connectivity index (χ0) is 47.7. The van der Waals surface area contributed by atoms with Crippen molar-refractivity contribution in [1.29, 1.82) is 5.26 Å². The zero-order valence-electron chi connectivity index (χ0n) is 38.4. The highest BCUT2D eigenvalue weighted by Crippen LogP contribution is 2.62. The lowest BCUT2D eigenvalue weighted by Gasteiger charge is -2.60. The van der Waals surface area contributed by atoms with E-state index in [1.165, 1.54) is 0 Å². The molecule has 1 saturated carbocycles. The Balaban J connectivity index is 1.41. The molecular formula is C54H62N4O10. The van der Waals surface area contributed by atoms with E-state index in [1.54, 1.807) is 47.4 Å². The number of nitrogens with zero attached hydrogens (tertiary/aromatic N) is 3. The number of nitrogens with one attached hydrogen (secondary N) is 1. The topological polar surface area (TPSA) is 192 Å². The highest BCUT2D eigenvalue weighted by Gasteiger charge is 2.65. The van der Waals surface area contributed by atoms with Crippen molar-refractivity contribution in [3.63, 3.8) is 0 Å². The number of hydrogen-bond acceptors (Lipinski definition) is 12. The summed E-state index contributed by atoms with van der Waals surface area (Å²) in [5, 5.41) is 47.0. The molecule has 14 heteroatoms. The second kappa shape index (κ2) is 24.6. The van der Waals surface area contributed by atoms with Gasteiger partial charge in [-0.3, -0.25) is 4.79 Å². The maximum atomic E-state index is 15.1. The number of fused-ring (bicyclic) bond motifs is 2. The van der Waals surface area contributed by atoms with Gasteiger partial charge in [0, 0.05) is 49.8 Å². The molecule has 358 valence electrons. The van der Waals surface area contributed by atoms with Crippen molar-refractivity contribution < 1.29 is 48.7 Å². The largest absolute Gasteiger partial charge is 0.459 e. The summed E-state index contributed by atoms with van der Waals surface area (Å²) >= 11 is 0. The van der Waals surface area contributed by atoms with E-state index in [-0.39, 0.29) is 89.4 Å². The fourth-order valence-electron chi connectivity index (χ4n) is 9.97. The Morgan fingerprint density at radius 1 is 0.897 bits per heavy atom. The van der Waals surface area contributed by atoms with Crippen molar-refractivity contribution >= 4 is 17.7 Å². The molecule has 4 N–H and O–H groups in total. The maximum absolute atomic E-state index is 15.1. The number of aliphatic hydroxyl groups excluding tert-OH is 3.